The quantitative estimate of drug-likeness (QED) is 0.590. The zero-order valence-corrected chi connectivity index (χ0v) is 13.9. The fourth-order valence-corrected chi connectivity index (χ4v) is 3.57. The molecule has 0 aromatic rings. The molecule has 0 heterocycles. The summed E-state index contributed by atoms with van der Waals surface area (Å²) in [5, 5.41) is 3.64. The van der Waals surface area contributed by atoms with E-state index in [1.807, 2.05) is 0 Å². The van der Waals surface area contributed by atoms with Crippen molar-refractivity contribution in [1.29, 1.82) is 0 Å². The van der Waals surface area contributed by atoms with Crippen molar-refractivity contribution in [3.63, 3.8) is 0 Å². The first-order valence-electron chi connectivity index (χ1n) is 8.82. The molecule has 0 aliphatic heterocycles. The highest BCUT2D eigenvalue weighted by Crippen LogP contribution is 2.43. The van der Waals surface area contributed by atoms with Crippen LogP contribution >= 0.6 is 0 Å². The topological polar surface area (TPSA) is 12.0 Å². The fraction of sp³-hybridized carbons (Fsp3) is 1.00. The molecule has 0 unspecified atom stereocenters. The molecule has 0 saturated heterocycles. The second kappa shape index (κ2) is 9.00. The van der Waals surface area contributed by atoms with Crippen molar-refractivity contribution in [1.82, 2.24) is 5.32 Å². The van der Waals surface area contributed by atoms with Gasteiger partial charge in [-0.2, -0.15) is 0 Å². The molecule has 0 amide bonds. The van der Waals surface area contributed by atoms with Crippen LogP contribution in [0.25, 0.3) is 0 Å². The Labute approximate surface area is 121 Å². The van der Waals surface area contributed by atoms with Gasteiger partial charge in [-0.15, -0.1) is 0 Å². The second-order valence-corrected chi connectivity index (χ2v) is 7.30. The minimum absolute atomic E-state index is 0.628. The van der Waals surface area contributed by atoms with E-state index in [0.717, 1.165) is 18.4 Å². The van der Waals surface area contributed by atoms with Gasteiger partial charge in [0.05, 0.1) is 0 Å². The third kappa shape index (κ3) is 6.29. The van der Waals surface area contributed by atoms with Crippen LogP contribution in [0.5, 0.6) is 0 Å². The molecular formula is C18H37N. The lowest BCUT2D eigenvalue weighted by atomic mass is 9.66. The summed E-state index contributed by atoms with van der Waals surface area (Å²) in [5.74, 6) is 1.89. The Kier molecular flexibility index (Phi) is 8.06. The third-order valence-corrected chi connectivity index (χ3v) is 5.13. The Morgan fingerprint density at radius 2 is 1.84 bits per heavy atom. The Balaban J connectivity index is 2.43. The number of nitrogens with one attached hydrogen (secondary N) is 1. The average Bonchev–Trinajstić information content (AvgIpc) is 2.42. The van der Waals surface area contributed by atoms with E-state index in [1.54, 1.807) is 0 Å². The largest absolute Gasteiger partial charge is 0.316 e. The number of hydrogen-bond acceptors (Lipinski definition) is 1. The lowest BCUT2D eigenvalue weighted by Gasteiger charge is -2.41. The molecule has 1 rings (SSSR count). The molecule has 1 saturated carbocycles. The van der Waals surface area contributed by atoms with Gasteiger partial charge in [0.2, 0.25) is 0 Å². The van der Waals surface area contributed by atoms with E-state index in [4.69, 9.17) is 0 Å². The molecule has 0 bridgehead atoms. The van der Waals surface area contributed by atoms with Crippen molar-refractivity contribution in [3.05, 3.63) is 0 Å². The van der Waals surface area contributed by atoms with Crippen LogP contribution in [0.1, 0.15) is 85.5 Å². The van der Waals surface area contributed by atoms with E-state index in [2.05, 4.69) is 33.0 Å². The van der Waals surface area contributed by atoms with E-state index in [1.165, 1.54) is 64.3 Å². The molecule has 0 aromatic carbocycles. The normalized spacial score (nSPS) is 27.9. The first kappa shape index (κ1) is 17.0. The summed E-state index contributed by atoms with van der Waals surface area (Å²) in [7, 11) is 0. The van der Waals surface area contributed by atoms with Crippen LogP contribution in [0.15, 0.2) is 0 Å². The van der Waals surface area contributed by atoms with Gasteiger partial charge in [0.25, 0.3) is 0 Å². The number of hydrogen-bond donors (Lipinski definition) is 1. The molecular weight excluding hydrogens is 230 g/mol. The molecule has 19 heavy (non-hydrogen) atoms. The van der Waals surface area contributed by atoms with Gasteiger partial charge >= 0.3 is 0 Å². The Morgan fingerprint density at radius 1 is 1.16 bits per heavy atom. The Bertz CT molecular complexity index is 214. The molecule has 1 nitrogen and oxygen atoms in total. The monoisotopic (exact) mass is 267 g/mol. The van der Waals surface area contributed by atoms with Crippen LogP contribution in [-0.2, 0) is 0 Å². The zero-order valence-electron chi connectivity index (χ0n) is 13.9. The van der Waals surface area contributed by atoms with Crippen LogP contribution in [0.2, 0.25) is 0 Å². The Morgan fingerprint density at radius 3 is 2.37 bits per heavy atom. The van der Waals surface area contributed by atoms with Crippen LogP contribution in [0, 0.1) is 17.3 Å². The first-order chi connectivity index (χ1) is 9.12. The summed E-state index contributed by atoms with van der Waals surface area (Å²) in [6.45, 7) is 11.7. The van der Waals surface area contributed by atoms with E-state index in [-0.39, 0.29) is 0 Å². The van der Waals surface area contributed by atoms with Crippen molar-refractivity contribution >= 4 is 0 Å². The maximum atomic E-state index is 3.64. The van der Waals surface area contributed by atoms with E-state index in [9.17, 15) is 0 Å². The summed E-state index contributed by atoms with van der Waals surface area (Å²) in [4.78, 5) is 0. The SMILES string of the molecule is CCCCC1CCC(CCC(C)C)(CNCC)CC1. The minimum Gasteiger partial charge on any atom is -0.316 e. The van der Waals surface area contributed by atoms with E-state index in [0.29, 0.717) is 5.41 Å². The molecule has 1 aliphatic carbocycles. The van der Waals surface area contributed by atoms with Crippen LogP contribution in [-0.4, -0.2) is 13.1 Å². The molecule has 0 radical (unpaired) electrons. The minimum atomic E-state index is 0.628. The van der Waals surface area contributed by atoms with Gasteiger partial charge in [-0.3, -0.25) is 0 Å². The predicted molar refractivity (Wildman–Crippen MR) is 86.5 cm³/mol. The standard InChI is InChI=1S/C18H37N/c1-5-7-8-17-10-13-18(14-11-17,15-19-6-2)12-9-16(3)4/h16-17,19H,5-15H2,1-4H3. The first-order valence-corrected chi connectivity index (χ1v) is 8.82. The molecule has 1 heteroatoms. The lowest BCUT2D eigenvalue weighted by molar-refractivity contribution is 0.121. The summed E-state index contributed by atoms with van der Waals surface area (Å²) in [6, 6.07) is 0. The highest BCUT2D eigenvalue weighted by molar-refractivity contribution is 4.87. The highest BCUT2D eigenvalue weighted by Gasteiger charge is 2.34. The summed E-state index contributed by atoms with van der Waals surface area (Å²) in [5.41, 5.74) is 0.628. The van der Waals surface area contributed by atoms with Gasteiger partial charge in [-0.1, -0.05) is 53.4 Å². The lowest BCUT2D eigenvalue weighted by Crippen LogP contribution is -2.38. The summed E-state index contributed by atoms with van der Waals surface area (Å²) in [6.07, 6.45) is 13.1. The molecule has 114 valence electrons. The van der Waals surface area contributed by atoms with Gasteiger partial charge < -0.3 is 5.32 Å². The van der Waals surface area contributed by atoms with Crippen molar-refractivity contribution in [2.45, 2.75) is 85.5 Å². The fourth-order valence-electron chi connectivity index (χ4n) is 3.57. The van der Waals surface area contributed by atoms with Crippen molar-refractivity contribution in [3.8, 4) is 0 Å². The molecule has 0 aromatic heterocycles. The van der Waals surface area contributed by atoms with E-state index < -0.39 is 0 Å². The average molecular weight is 268 g/mol. The van der Waals surface area contributed by atoms with Crippen LogP contribution in [0.3, 0.4) is 0 Å². The van der Waals surface area contributed by atoms with Crippen molar-refractivity contribution in [2.24, 2.45) is 17.3 Å². The van der Waals surface area contributed by atoms with Crippen LogP contribution < -0.4 is 5.32 Å². The third-order valence-electron chi connectivity index (χ3n) is 5.13. The van der Waals surface area contributed by atoms with Crippen molar-refractivity contribution < 1.29 is 0 Å². The number of rotatable bonds is 9. The maximum Gasteiger partial charge on any atom is 0.000769 e. The Hall–Kier alpha value is -0.0400. The summed E-state index contributed by atoms with van der Waals surface area (Å²) < 4.78 is 0. The molecule has 1 N–H and O–H groups in total. The van der Waals surface area contributed by atoms with Gasteiger partial charge in [0.1, 0.15) is 0 Å². The van der Waals surface area contributed by atoms with Crippen molar-refractivity contribution in [2.75, 3.05) is 13.1 Å². The van der Waals surface area contributed by atoms with Gasteiger partial charge in [0.15, 0.2) is 0 Å². The smallest absolute Gasteiger partial charge is 0.000769 e. The second-order valence-electron chi connectivity index (χ2n) is 7.30. The van der Waals surface area contributed by atoms with Crippen LogP contribution in [0.4, 0.5) is 0 Å². The molecule has 0 spiro atoms. The molecule has 0 atom stereocenters. The highest BCUT2D eigenvalue weighted by atomic mass is 14.9. The zero-order chi connectivity index (χ0) is 14.1. The number of unbranched alkanes of at least 4 members (excludes halogenated alkanes) is 1. The molecule has 1 aliphatic rings. The van der Waals surface area contributed by atoms with Gasteiger partial charge in [-0.25, -0.2) is 0 Å². The summed E-state index contributed by atoms with van der Waals surface area (Å²) >= 11 is 0. The molecule has 1 fully saturated rings. The van der Waals surface area contributed by atoms with Gasteiger partial charge in [0, 0.05) is 6.54 Å². The van der Waals surface area contributed by atoms with E-state index >= 15 is 0 Å². The predicted octanol–water partition coefficient (Wildman–Crippen LogP) is 5.40. The van der Waals surface area contributed by atoms with Gasteiger partial charge in [-0.05, 0) is 55.9 Å². The maximum absolute atomic E-state index is 3.64.